The third-order valence-electron chi connectivity index (χ3n) is 12.0. The molecule has 6 heteroatoms. The van der Waals surface area contributed by atoms with Gasteiger partial charge in [0.2, 0.25) is 0 Å². The summed E-state index contributed by atoms with van der Waals surface area (Å²) in [5, 5.41) is 15.5. The second-order valence-electron chi connectivity index (χ2n) is 15.3. The molecule has 0 saturated carbocycles. The van der Waals surface area contributed by atoms with Crippen LogP contribution in [0.5, 0.6) is 0 Å². The van der Waals surface area contributed by atoms with Gasteiger partial charge in [0.15, 0.2) is 11.4 Å². The fourth-order valence-corrected chi connectivity index (χ4v) is 10.4. The van der Waals surface area contributed by atoms with E-state index in [9.17, 15) is 0 Å². The maximum atomic E-state index is 6.96. The molecule has 1 atom stereocenters. The lowest BCUT2D eigenvalue weighted by atomic mass is 10.0. The maximum absolute atomic E-state index is 6.96. The molecular formula is C53H32N4OS. The minimum absolute atomic E-state index is 0.413. The maximum Gasteiger partial charge on any atom is 0.160 e. The van der Waals surface area contributed by atoms with Gasteiger partial charge in [-0.25, -0.2) is 9.98 Å². The number of aliphatic imine (C=N–C) groups is 2. The van der Waals surface area contributed by atoms with Crippen molar-refractivity contribution in [1.82, 2.24) is 9.88 Å². The molecule has 12 aromatic rings. The Hall–Kier alpha value is -7.54. The van der Waals surface area contributed by atoms with Crippen LogP contribution in [-0.2, 0) is 0 Å². The molecule has 0 bridgehead atoms. The number of hydrogen-bond acceptors (Lipinski definition) is 5. The van der Waals surface area contributed by atoms with Crippen LogP contribution in [-0.4, -0.2) is 16.2 Å². The van der Waals surface area contributed by atoms with Crippen LogP contribution in [0.1, 0.15) is 22.9 Å². The zero-order valence-electron chi connectivity index (χ0n) is 31.6. The van der Waals surface area contributed by atoms with E-state index in [2.05, 4.69) is 186 Å². The predicted molar refractivity (Wildman–Crippen MR) is 248 cm³/mol. The van der Waals surface area contributed by atoms with E-state index in [1.165, 1.54) is 52.5 Å². The van der Waals surface area contributed by atoms with E-state index in [0.717, 1.165) is 61.2 Å². The van der Waals surface area contributed by atoms with E-state index in [-0.39, 0.29) is 0 Å². The van der Waals surface area contributed by atoms with Crippen LogP contribution in [0.25, 0.3) is 91.1 Å². The van der Waals surface area contributed by atoms with Crippen LogP contribution in [0.3, 0.4) is 0 Å². The topological polar surface area (TPSA) is 54.8 Å². The fourth-order valence-electron chi connectivity index (χ4n) is 9.30. The third-order valence-corrected chi connectivity index (χ3v) is 13.2. The number of hydrogen-bond donors (Lipinski definition) is 1. The van der Waals surface area contributed by atoms with Gasteiger partial charge in [-0.05, 0) is 81.7 Å². The molecular weight excluding hydrogens is 741 g/mol. The first-order valence-electron chi connectivity index (χ1n) is 19.9. The molecule has 1 unspecified atom stereocenters. The number of furan rings is 1. The molecule has 1 aliphatic heterocycles. The van der Waals surface area contributed by atoms with Crippen LogP contribution in [0, 0.1) is 0 Å². The Labute approximate surface area is 341 Å². The SMILES string of the molecule is c1ccc2cc(C3N=C(c4cccc5sc6ccccc6c45)N=C(c4ccc5c(oc6ccccc65)c4-n4c5ccccc5c5cc6ccccc6cc54)N3)ccc2c1. The second-order valence-corrected chi connectivity index (χ2v) is 16.4. The minimum atomic E-state index is -0.413. The number of para-hydroxylation sites is 2. The Bertz CT molecular complexity index is 3790. The Morgan fingerprint density at radius 3 is 2.10 bits per heavy atom. The summed E-state index contributed by atoms with van der Waals surface area (Å²) in [5.74, 6) is 1.42. The zero-order valence-corrected chi connectivity index (χ0v) is 32.4. The van der Waals surface area contributed by atoms with E-state index >= 15 is 0 Å². The van der Waals surface area contributed by atoms with Gasteiger partial charge in [-0.15, -0.1) is 11.3 Å². The number of benzene rings is 9. The highest BCUT2D eigenvalue weighted by molar-refractivity contribution is 7.25. The van der Waals surface area contributed by atoms with Gasteiger partial charge in [0.05, 0.1) is 11.0 Å². The number of rotatable bonds is 4. The first kappa shape index (κ1) is 32.5. The summed E-state index contributed by atoms with van der Waals surface area (Å²) in [6, 6.07) is 64.9. The monoisotopic (exact) mass is 772 g/mol. The van der Waals surface area contributed by atoms with Gasteiger partial charge in [0.1, 0.15) is 23.3 Å². The fraction of sp³-hybridized carbons (Fsp3) is 0.0189. The van der Waals surface area contributed by atoms with Gasteiger partial charge in [-0.2, -0.15) is 0 Å². The van der Waals surface area contributed by atoms with Crippen molar-refractivity contribution in [3.8, 4) is 5.69 Å². The van der Waals surface area contributed by atoms with Crippen LogP contribution < -0.4 is 5.32 Å². The number of aromatic nitrogens is 1. The molecule has 5 nitrogen and oxygen atoms in total. The molecule has 4 heterocycles. The second kappa shape index (κ2) is 12.5. The molecule has 13 rings (SSSR count). The largest absolute Gasteiger partial charge is 0.454 e. The molecule has 1 N–H and O–H groups in total. The van der Waals surface area contributed by atoms with Crippen molar-refractivity contribution in [1.29, 1.82) is 0 Å². The third kappa shape index (κ3) is 4.90. The van der Waals surface area contributed by atoms with Crippen LogP contribution in [0.2, 0.25) is 0 Å². The van der Waals surface area contributed by atoms with Crippen molar-refractivity contribution in [3.63, 3.8) is 0 Å². The molecule has 0 fully saturated rings. The zero-order chi connectivity index (χ0) is 38.6. The van der Waals surface area contributed by atoms with Gasteiger partial charge < -0.3 is 14.3 Å². The molecule has 0 saturated heterocycles. The number of amidine groups is 2. The van der Waals surface area contributed by atoms with Crippen LogP contribution in [0.15, 0.2) is 196 Å². The molecule has 0 spiro atoms. The molecule has 59 heavy (non-hydrogen) atoms. The Morgan fingerprint density at radius 2 is 1.22 bits per heavy atom. The Balaban J connectivity index is 1.13. The van der Waals surface area contributed by atoms with Crippen molar-refractivity contribution >= 4 is 108 Å². The smallest absolute Gasteiger partial charge is 0.160 e. The van der Waals surface area contributed by atoms with Crippen LogP contribution >= 0.6 is 11.3 Å². The number of thiophene rings is 1. The summed E-state index contributed by atoms with van der Waals surface area (Å²) in [7, 11) is 0. The highest BCUT2D eigenvalue weighted by Gasteiger charge is 2.28. The predicted octanol–water partition coefficient (Wildman–Crippen LogP) is 13.9. The van der Waals surface area contributed by atoms with E-state index in [1.807, 2.05) is 17.4 Å². The Morgan fingerprint density at radius 1 is 0.508 bits per heavy atom. The standard InChI is InChI=1S/C53H32N4OS/c1-2-13-32-28-35(25-24-31(32)12-1)51-54-52(40-19-11-23-47-48(40)39-18-7-10-22-46(39)59-47)56-53(55-51)41-27-26-38-37-17-6-9-21-45(37)58-50(38)49(41)57-43-20-8-5-16-36(43)42-29-33-14-3-4-15-34(33)30-44(42)57/h1-30,51H,(H,54,55,56). The number of nitrogens with one attached hydrogen (secondary N) is 1. The van der Waals surface area contributed by atoms with Crippen molar-refractivity contribution in [2.45, 2.75) is 6.17 Å². The normalized spacial score (nSPS) is 14.6. The van der Waals surface area contributed by atoms with Gasteiger partial charge >= 0.3 is 0 Å². The van der Waals surface area contributed by atoms with Crippen molar-refractivity contribution in [2.75, 3.05) is 0 Å². The molecule has 1 aliphatic rings. The van der Waals surface area contributed by atoms with Crippen molar-refractivity contribution in [2.24, 2.45) is 9.98 Å². The van der Waals surface area contributed by atoms with E-state index in [4.69, 9.17) is 14.4 Å². The van der Waals surface area contributed by atoms with Gasteiger partial charge in [-0.3, -0.25) is 0 Å². The summed E-state index contributed by atoms with van der Waals surface area (Å²) in [5.41, 5.74) is 7.78. The van der Waals surface area contributed by atoms with Gasteiger partial charge in [-0.1, -0.05) is 127 Å². The van der Waals surface area contributed by atoms with Gasteiger partial charge in [0, 0.05) is 52.8 Å². The molecule has 3 aromatic heterocycles. The highest BCUT2D eigenvalue weighted by atomic mass is 32.1. The number of nitrogens with zero attached hydrogens (tertiary/aromatic N) is 3. The lowest BCUT2D eigenvalue weighted by Crippen LogP contribution is -2.34. The van der Waals surface area contributed by atoms with Crippen LogP contribution in [0.4, 0.5) is 0 Å². The van der Waals surface area contributed by atoms with E-state index < -0.39 is 6.17 Å². The Kier molecular flexibility index (Phi) is 6.88. The minimum Gasteiger partial charge on any atom is -0.454 e. The summed E-state index contributed by atoms with van der Waals surface area (Å²) < 4.78 is 11.8. The summed E-state index contributed by atoms with van der Waals surface area (Å²) in [6.45, 7) is 0. The summed E-state index contributed by atoms with van der Waals surface area (Å²) >= 11 is 1.81. The molecule has 0 aliphatic carbocycles. The van der Waals surface area contributed by atoms with E-state index in [0.29, 0.717) is 5.84 Å². The quantitative estimate of drug-likeness (QED) is 0.194. The molecule has 0 amide bonds. The summed E-state index contributed by atoms with van der Waals surface area (Å²) in [4.78, 5) is 11.0. The van der Waals surface area contributed by atoms with Crippen molar-refractivity contribution in [3.05, 3.63) is 199 Å². The average molecular weight is 773 g/mol. The highest BCUT2D eigenvalue weighted by Crippen LogP contribution is 2.42. The van der Waals surface area contributed by atoms with Gasteiger partial charge in [0.25, 0.3) is 0 Å². The molecule has 9 aromatic carbocycles. The first-order chi connectivity index (χ1) is 29.2. The molecule has 276 valence electrons. The number of fused-ring (bicyclic) bond motifs is 11. The summed E-state index contributed by atoms with van der Waals surface area (Å²) in [6.07, 6.45) is -0.413. The lowest BCUT2D eigenvalue weighted by molar-refractivity contribution is 0.664. The van der Waals surface area contributed by atoms with Crippen molar-refractivity contribution < 1.29 is 4.42 Å². The average Bonchev–Trinajstić information content (AvgIpc) is 3.97. The van der Waals surface area contributed by atoms with E-state index in [1.54, 1.807) is 0 Å². The first-order valence-corrected chi connectivity index (χ1v) is 20.7. The molecule has 0 radical (unpaired) electrons. The lowest BCUT2D eigenvalue weighted by Gasteiger charge is -2.26.